The number of halogens is 1. The molecule has 2 aromatic rings. The number of rotatable bonds is 1. The topological polar surface area (TPSA) is 38.9 Å². The Bertz CT molecular complexity index is 522. The van der Waals surface area contributed by atoms with Crippen LogP contribution in [-0.4, -0.2) is 4.98 Å². The molecule has 0 saturated carbocycles. The van der Waals surface area contributed by atoms with Gasteiger partial charge in [-0.05, 0) is 17.5 Å². The molecule has 0 spiro atoms. The molecule has 0 fully saturated rings. The van der Waals surface area contributed by atoms with Gasteiger partial charge in [0.1, 0.15) is 5.82 Å². The number of benzene rings is 1. The van der Waals surface area contributed by atoms with Crippen molar-refractivity contribution < 1.29 is 4.39 Å². The molecule has 15 heavy (non-hydrogen) atoms. The predicted molar refractivity (Wildman–Crippen MR) is 67.4 cm³/mol. The summed E-state index contributed by atoms with van der Waals surface area (Å²) in [5.74, 6) is 0.0361. The molecule has 0 bridgehead atoms. The van der Waals surface area contributed by atoms with E-state index in [1.165, 1.54) is 11.3 Å². The van der Waals surface area contributed by atoms with Crippen LogP contribution < -0.4 is 11.0 Å². The molecule has 0 aliphatic heterocycles. The summed E-state index contributed by atoms with van der Waals surface area (Å²) in [6, 6.07) is 1.55. The van der Waals surface area contributed by atoms with E-state index in [2.05, 4.69) is 14.2 Å². The van der Waals surface area contributed by atoms with Crippen LogP contribution in [0.25, 0.3) is 10.2 Å². The Balaban J connectivity index is 2.87. The molecule has 80 valence electrons. The number of nitrogens with zero attached hydrogens (tertiary/aromatic N) is 1. The first-order chi connectivity index (χ1) is 7.00. The van der Waals surface area contributed by atoms with Gasteiger partial charge >= 0.3 is 0 Å². The van der Waals surface area contributed by atoms with E-state index < -0.39 is 0 Å². The summed E-state index contributed by atoms with van der Waals surface area (Å²) >= 11 is 1.33. The van der Waals surface area contributed by atoms with Crippen molar-refractivity contribution >= 4 is 41.2 Å². The molecular formula is C10H12FN2PS. The molecule has 0 amide bonds. The van der Waals surface area contributed by atoms with E-state index >= 15 is 0 Å². The maximum atomic E-state index is 13.6. The normalized spacial score (nSPS) is 11.5. The molecule has 1 heterocycles. The number of nitrogen functional groups attached to an aromatic ring is 1. The Kier molecular flexibility index (Phi) is 2.65. The number of fused-ring (bicyclic) bond motifs is 1. The minimum absolute atomic E-state index is 0.208. The van der Waals surface area contributed by atoms with Crippen LogP contribution in [0.5, 0.6) is 0 Å². The molecule has 0 aliphatic rings. The highest BCUT2D eigenvalue weighted by atomic mass is 32.1. The van der Waals surface area contributed by atoms with E-state index in [1.807, 2.05) is 13.8 Å². The lowest BCUT2D eigenvalue weighted by Gasteiger charge is -2.08. The molecule has 1 aromatic heterocycles. The Labute approximate surface area is 93.9 Å². The molecular weight excluding hydrogens is 230 g/mol. The second-order valence-corrected chi connectivity index (χ2v) is 5.35. The Morgan fingerprint density at radius 3 is 2.80 bits per heavy atom. The minimum atomic E-state index is -0.208. The van der Waals surface area contributed by atoms with Crippen LogP contribution in [0.15, 0.2) is 6.07 Å². The fraction of sp³-hybridized carbons (Fsp3) is 0.300. The van der Waals surface area contributed by atoms with Crippen molar-refractivity contribution in [1.82, 2.24) is 4.98 Å². The quantitative estimate of drug-likeness (QED) is 0.781. The van der Waals surface area contributed by atoms with Gasteiger partial charge in [0.15, 0.2) is 5.13 Å². The third-order valence-corrected chi connectivity index (χ3v) is 4.01. The molecule has 0 saturated heterocycles. The van der Waals surface area contributed by atoms with Crippen LogP contribution in [0.1, 0.15) is 25.3 Å². The molecule has 2 rings (SSSR count). The zero-order valence-corrected chi connectivity index (χ0v) is 10.5. The van der Waals surface area contributed by atoms with Gasteiger partial charge in [0.2, 0.25) is 0 Å². The zero-order chi connectivity index (χ0) is 11.2. The highest BCUT2D eigenvalue weighted by molar-refractivity contribution is 7.33. The predicted octanol–water partition coefficient (Wildman–Crippen LogP) is 2.64. The lowest BCUT2D eigenvalue weighted by atomic mass is 10.0. The summed E-state index contributed by atoms with van der Waals surface area (Å²) in [6.07, 6.45) is 0. The van der Waals surface area contributed by atoms with Crippen molar-refractivity contribution in [2.75, 3.05) is 5.73 Å². The van der Waals surface area contributed by atoms with Gasteiger partial charge in [0, 0.05) is 5.30 Å². The third kappa shape index (κ3) is 1.72. The van der Waals surface area contributed by atoms with Crippen molar-refractivity contribution in [1.29, 1.82) is 0 Å². The summed E-state index contributed by atoms with van der Waals surface area (Å²) in [6.45, 7) is 4.04. The first kappa shape index (κ1) is 10.8. The van der Waals surface area contributed by atoms with E-state index in [-0.39, 0.29) is 11.7 Å². The fourth-order valence-electron chi connectivity index (χ4n) is 1.55. The number of hydrogen-bond acceptors (Lipinski definition) is 3. The lowest BCUT2D eigenvalue weighted by Crippen LogP contribution is -2.02. The van der Waals surface area contributed by atoms with Gasteiger partial charge < -0.3 is 5.73 Å². The SMILES string of the molecule is CC(C)c1cc(F)c(P)c2sc(N)nc12. The van der Waals surface area contributed by atoms with Crippen LogP contribution in [0.4, 0.5) is 9.52 Å². The molecule has 1 aromatic carbocycles. The summed E-state index contributed by atoms with van der Waals surface area (Å²) in [7, 11) is 2.41. The largest absolute Gasteiger partial charge is 0.375 e. The maximum Gasteiger partial charge on any atom is 0.181 e. The number of hydrogen-bond donors (Lipinski definition) is 1. The van der Waals surface area contributed by atoms with Crippen LogP contribution in [0, 0.1) is 5.82 Å². The maximum absolute atomic E-state index is 13.6. The number of nitrogens with two attached hydrogens (primary N) is 1. The molecule has 0 aliphatic carbocycles. The molecule has 1 atom stereocenters. The van der Waals surface area contributed by atoms with Crippen LogP contribution in [0.2, 0.25) is 0 Å². The third-order valence-electron chi connectivity index (χ3n) is 2.32. The summed E-state index contributed by atoms with van der Waals surface area (Å²) in [5.41, 5.74) is 7.40. The molecule has 1 unspecified atom stereocenters. The van der Waals surface area contributed by atoms with E-state index in [0.717, 1.165) is 15.8 Å². The summed E-state index contributed by atoms with van der Waals surface area (Å²) in [5, 5.41) is 1.05. The number of anilines is 1. The average molecular weight is 242 g/mol. The second kappa shape index (κ2) is 3.69. The van der Waals surface area contributed by atoms with Gasteiger partial charge in [-0.1, -0.05) is 25.2 Å². The van der Waals surface area contributed by atoms with Crippen molar-refractivity contribution in [2.45, 2.75) is 19.8 Å². The van der Waals surface area contributed by atoms with Crippen LogP contribution >= 0.6 is 20.6 Å². The lowest BCUT2D eigenvalue weighted by molar-refractivity contribution is 0.634. The zero-order valence-electron chi connectivity index (χ0n) is 8.54. The van der Waals surface area contributed by atoms with Gasteiger partial charge in [-0.25, -0.2) is 9.37 Å². The van der Waals surface area contributed by atoms with Gasteiger partial charge in [-0.2, -0.15) is 0 Å². The van der Waals surface area contributed by atoms with E-state index in [4.69, 9.17) is 5.73 Å². The van der Waals surface area contributed by atoms with Gasteiger partial charge in [-0.3, -0.25) is 0 Å². The smallest absolute Gasteiger partial charge is 0.181 e. The first-order valence-corrected chi connectivity index (χ1v) is 6.04. The second-order valence-electron chi connectivity index (χ2n) is 3.75. The Morgan fingerprint density at radius 1 is 1.53 bits per heavy atom. The monoisotopic (exact) mass is 242 g/mol. The Hall–Kier alpha value is -0.730. The van der Waals surface area contributed by atoms with Crippen molar-refractivity contribution in [3.63, 3.8) is 0 Å². The van der Waals surface area contributed by atoms with Crippen molar-refractivity contribution in [2.24, 2.45) is 0 Å². The first-order valence-electron chi connectivity index (χ1n) is 4.64. The van der Waals surface area contributed by atoms with Crippen LogP contribution in [0.3, 0.4) is 0 Å². The van der Waals surface area contributed by atoms with Crippen molar-refractivity contribution in [3.05, 3.63) is 17.4 Å². The molecule has 2 N–H and O–H groups in total. The van der Waals surface area contributed by atoms with Gasteiger partial charge in [-0.15, -0.1) is 9.24 Å². The highest BCUT2D eigenvalue weighted by Gasteiger charge is 2.15. The van der Waals surface area contributed by atoms with E-state index in [9.17, 15) is 4.39 Å². The minimum Gasteiger partial charge on any atom is -0.375 e. The van der Waals surface area contributed by atoms with E-state index in [1.54, 1.807) is 6.07 Å². The summed E-state index contributed by atoms with van der Waals surface area (Å²) in [4.78, 5) is 4.25. The molecule has 5 heteroatoms. The fourth-order valence-corrected chi connectivity index (χ4v) is 2.76. The van der Waals surface area contributed by atoms with Crippen molar-refractivity contribution in [3.8, 4) is 0 Å². The standard InChI is InChI=1S/C10H12FN2PS/c1-4(2)5-3-6(11)8(14)9-7(5)13-10(12)15-9/h3-4H,14H2,1-2H3,(H2,12,13). The number of thiazole rings is 1. The highest BCUT2D eigenvalue weighted by Crippen LogP contribution is 2.31. The summed E-state index contributed by atoms with van der Waals surface area (Å²) < 4.78 is 14.4. The van der Waals surface area contributed by atoms with Gasteiger partial charge in [0.05, 0.1) is 10.2 Å². The molecule has 2 nitrogen and oxygen atoms in total. The van der Waals surface area contributed by atoms with E-state index in [0.29, 0.717) is 10.4 Å². The van der Waals surface area contributed by atoms with Gasteiger partial charge in [0.25, 0.3) is 0 Å². The average Bonchev–Trinajstić information content (AvgIpc) is 2.53. The Morgan fingerprint density at radius 2 is 2.20 bits per heavy atom. The van der Waals surface area contributed by atoms with Crippen LogP contribution in [-0.2, 0) is 0 Å². The molecule has 0 radical (unpaired) electrons. The number of aromatic nitrogens is 1.